The quantitative estimate of drug-likeness (QED) is 0.440. The Kier molecular flexibility index (Phi) is 8.66. The molecule has 5 heteroatoms. The average Bonchev–Trinajstić information content (AvgIpc) is 2.53. The lowest BCUT2D eigenvalue weighted by atomic mass is 10.1. The number of halogens is 1. The highest BCUT2D eigenvalue weighted by Gasteiger charge is 2.04. The second-order valence-electron chi connectivity index (χ2n) is 5.10. The Morgan fingerprint density at radius 2 is 2.05 bits per heavy atom. The van der Waals surface area contributed by atoms with Gasteiger partial charge in [0.25, 0.3) is 0 Å². The fourth-order valence-electron chi connectivity index (χ4n) is 2.01. The van der Waals surface area contributed by atoms with Crippen LogP contribution >= 0.6 is 0 Å². The summed E-state index contributed by atoms with van der Waals surface area (Å²) in [6, 6.07) is 6.39. The molecular weight excluding hydrogens is 279 g/mol. The van der Waals surface area contributed by atoms with Crippen molar-refractivity contribution in [3.05, 3.63) is 35.1 Å². The van der Waals surface area contributed by atoms with E-state index in [0.29, 0.717) is 17.1 Å². The third-order valence-electron chi connectivity index (χ3n) is 3.26. The summed E-state index contributed by atoms with van der Waals surface area (Å²) in [5.41, 5.74) is 0.813. The van der Waals surface area contributed by atoms with E-state index < -0.39 is 0 Å². The standard InChI is InChI=1S/C17H25FN4/c1-3-5-6-7-10-21-17(20-4-2)22-13-15-9-8-14(12-19)11-16(15)18/h8-9,11H,3-7,10,13H2,1-2H3,(H2,20,21,22). The molecule has 1 aromatic rings. The van der Waals surface area contributed by atoms with E-state index in [1.807, 2.05) is 13.0 Å². The van der Waals surface area contributed by atoms with Gasteiger partial charge in [-0.05, 0) is 25.5 Å². The first-order chi connectivity index (χ1) is 10.7. The van der Waals surface area contributed by atoms with E-state index in [4.69, 9.17) is 5.26 Å². The molecule has 0 aliphatic heterocycles. The highest BCUT2D eigenvalue weighted by molar-refractivity contribution is 5.79. The van der Waals surface area contributed by atoms with E-state index in [1.54, 1.807) is 12.1 Å². The number of nitriles is 1. The minimum absolute atomic E-state index is 0.252. The minimum Gasteiger partial charge on any atom is -0.357 e. The lowest BCUT2D eigenvalue weighted by molar-refractivity contribution is 0.609. The Hall–Kier alpha value is -2.09. The number of guanidine groups is 1. The largest absolute Gasteiger partial charge is 0.357 e. The van der Waals surface area contributed by atoms with Gasteiger partial charge < -0.3 is 10.6 Å². The van der Waals surface area contributed by atoms with Crippen molar-refractivity contribution in [3.8, 4) is 6.07 Å². The van der Waals surface area contributed by atoms with Crippen molar-refractivity contribution in [2.45, 2.75) is 46.1 Å². The topological polar surface area (TPSA) is 60.2 Å². The van der Waals surface area contributed by atoms with Crippen molar-refractivity contribution in [3.63, 3.8) is 0 Å². The van der Waals surface area contributed by atoms with E-state index in [9.17, 15) is 4.39 Å². The molecule has 0 saturated carbocycles. The van der Waals surface area contributed by atoms with Crippen LogP contribution in [0.25, 0.3) is 0 Å². The second kappa shape index (κ2) is 10.6. The monoisotopic (exact) mass is 304 g/mol. The van der Waals surface area contributed by atoms with Crippen molar-refractivity contribution in [1.82, 2.24) is 10.6 Å². The van der Waals surface area contributed by atoms with E-state index in [0.717, 1.165) is 19.5 Å². The van der Waals surface area contributed by atoms with Crippen LogP contribution in [0.2, 0.25) is 0 Å². The summed E-state index contributed by atoms with van der Waals surface area (Å²) >= 11 is 0. The van der Waals surface area contributed by atoms with Gasteiger partial charge in [-0.1, -0.05) is 32.3 Å². The summed E-state index contributed by atoms with van der Waals surface area (Å²) < 4.78 is 13.8. The minimum atomic E-state index is -0.387. The van der Waals surface area contributed by atoms with Crippen LogP contribution in [0.5, 0.6) is 0 Å². The highest BCUT2D eigenvalue weighted by Crippen LogP contribution is 2.11. The molecule has 0 bridgehead atoms. The van der Waals surface area contributed by atoms with Gasteiger partial charge in [-0.15, -0.1) is 0 Å². The molecule has 0 aromatic heterocycles. The Morgan fingerprint density at radius 3 is 2.68 bits per heavy atom. The molecule has 0 amide bonds. The first kappa shape index (κ1) is 18.0. The molecule has 0 spiro atoms. The van der Waals surface area contributed by atoms with Gasteiger partial charge in [-0.2, -0.15) is 5.26 Å². The molecule has 0 saturated heterocycles. The maximum absolute atomic E-state index is 13.8. The van der Waals surface area contributed by atoms with E-state index in [-0.39, 0.29) is 12.4 Å². The van der Waals surface area contributed by atoms with Crippen molar-refractivity contribution in [2.75, 3.05) is 13.1 Å². The molecule has 120 valence electrons. The second-order valence-corrected chi connectivity index (χ2v) is 5.10. The number of unbranched alkanes of at least 4 members (excludes halogenated alkanes) is 3. The average molecular weight is 304 g/mol. The van der Waals surface area contributed by atoms with Crippen molar-refractivity contribution in [1.29, 1.82) is 5.26 Å². The van der Waals surface area contributed by atoms with Crippen molar-refractivity contribution >= 4 is 5.96 Å². The summed E-state index contributed by atoms with van der Waals surface area (Å²) in [6.07, 6.45) is 4.76. The molecule has 0 fully saturated rings. The fraction of sp³-hybridized carbons (Fsp3) is 0.529. The van der Waals surface area contributed by atoms with Crippen LogP contribution in [0.15, 0.2) is 23.2 Å². The number of nitrogens with zero attached hydrogens (tertiary/aromatic N) is 2. The number of hydrogen-bond acceptors (Lipinski definition) is 2. The lowest BCUT2D eigenvalue weighted by Gasteiger charge is -2.11. The van der Waals surface area contributed by atoms with Gasteiger partial charge >= 0.3 is 0 Å². The molecule has 1 rings (SSSR count). The maximum atomic E-state index is 13.8. The van der Waals surface area contributed by atoms with Gasteiger partial charge in [-0.3, -0.25) is 0 Å². The summed E-state index contributed by atoms with van der Waals surface area (Å²) in [6.45, 7) is 6.06. The number of hydrogen-bond donors (Lipinski definition) is 2. The van der Waals surface area contributed by atoms with Crippen LogP contribution in [-0.2, 0) is 6.54 Å². The van der Waals surface area contributed by atoms with Crippen molar-refractivity contribution in [2.24, 2.45) is 4.99 Å². The summed E-state index contributed by atoms with van der Waals surface area (Å²) in [4.78, 5) is 4.39. The van der Waals surface area contributed by atoms with Crippen LogP contribution < -0.4 is 10.6 Å². The van der Waals surface area contributed by atoms with Gasteiger partial charge in [0.1, 0.15) is 5.82 Å². The Morgan fingerprint density at radius 1 is 1.23 bits per heavy atom. The smallest absolute Gasteiger partial charge is 0.191 e. The zero-order valence-electron chi connectivity index (χ0n) is 13.5. The van der Waals surface area contributed by atoms with Gasteiger partial charge in [-0.25, -0.2) is 9.38 Å². The lowest BCUT2D eigenvalue weighted by Crippen LogP contribution is -2.37. The number of aliphatic imine (C=N–C) groups is 1. The van der Waals surface area contributed by atoms with Crippen LogP contribution in [0.3, 0.4) is 0 Å². The maximum Gasteiger partial charge on any atom is 0.191 e. The Bertz CT molecular complexity index is 520. The third kappa shape index (κ3) is 6.57. The molecule has 0 aliphatic carbocycles. The van der Waals surface area contributed by atoms with Gasteiger partial charge in [0.2, 0.25) is 0 Å². The molecule has 22 heavy (non-hydrogen) atoms. The SMILES string of the molecule is CCCCCCNC(=NCc1ccc(C#N)cc1F)NCC. The zero-order valence-corrected chi connectivity index (χ0v) is 13.5. The molecule has 0 atom stereocenters. The van der Waals surface area contributed by atoms with Crippen LogP contribution in [-0.4, -0.2) is 19.0 Å². The molecular formula is C17H25FN4. The summed E-state index contributed by atoms with van der Waals surface area (Å²) in [7, 11) is 0. The van der Waals surface area contributed by atoms with E-state index >= 15 is 0 Å². The van der Waals surface area contributed by atoms with Crippen molar-refractivity contribution < 1.29 is 4.39 Å². The first-order valence-electron chi connectivity index (χ1n) is 7.92. The Labute approximate surface area is 132 Å². The molecule has 2 N–H and O–H groups in total. The van der Waals surface area contributed by atoms with Gasteiger partial charge in [0.05, 0.1) is 18.2 Å². The van der Waals surface area contributed by atoms with Crippen LogP contribution in [0, 0.1) is 17.1 Å². The summed E-state index contributed by atoms with van der Waals surface area (Å²) in [5, 5.41) is 15.1. The highest BCUT2D eigenvalue weighted by atomic mass is 19.1. The molecule has 0 radical (unpaired) electrons. The van der Waals surface area contributed by atoms with Gasteiger partial charge in [0.15, 0.2) is 5.96 Å². The van der Waals surface area contributed by atoms with Crippen LogP contribution in [0.4, 0.5) is 4.39 Å². The van der Waals surface area contributed by atoms with Crippen LogP contribution in [0.1, 0.15) is 50.7 Å². The normalized spacial score (nSPS) is 11.1. The number of nitrogens with one attached hydrogen (secondary N) is 2. The fourth-order valence-corrected chi connectivity index (χ4v) is 2.01. The predicted molar refractivity (Wildman–Crippen MR) is 88.1 cm³/mol. The summed E-state index contributed by atoms with van der Waals surface area (Å²) in [5.74, 6) is 0.310. The molecule has 1 aromatic carbocycles. The molecule has 0 heterocycles. The van der Waals surface area contributed by atoms with Gasteiger partial charge in [0, 0.05) is 18.7 Å². The number of benzene rings is 1. The predicted octanol–water partition coefficient (Wildman–Crippen LogP) is 3.33. The van der Waals surface area contributed by atoms with E-state index in [2.05, 4.69) is 22.5 Å². The third-order valence-corrected chi connectivity index (χ3v) is 3.26. The zero-order chi connectivity index (χ0) is 16.2. The molecule has 4 nitrogen and oxygen atoms in total. The number of rotatable bonds is 8. The molecule has 0 unspecified atom stereocenters. The van der Waals surface area contributed by atoms with E-state index in [1.165, 1.54) is 25.3 Å². The first-order valence-corrected chi connectivity index (χ1v) is 7.92. The molecule has 0 aliphatic rings. The Balaban J connectivity index is 2.56.